The molecule has 0 bridgehead atoms. The van der Waals surface area contributed by atoms with Crippen LogP contribution in [0.5, 0.6) is 0 Å². The highest BCUT2D eigenvalue weighted by Gasteiger charge is 1.88. The fourth-order valence-corrected chi connectivity index (χ4v) is 0.727. The van der Waals surface area contributed by atoms with Crippen LogP contribution < -0.4 is 5.46 Å². The number of nitrogens with zero attached hydrogens (tertiary/aromatic N) is 1. The maximum absolute atomic E-state index is 5.50. The second-order valence-electron chi connectivity index (χ2n) is 1.76. The summed E-state index contributed by atoms with van der Waals surface area (Å²) in [5.74, 6) is 0.470. The Morgan fingerprint density at radius 1 is 1.56 bits per heavy atom. The number of hydrogen-bond donors (Lipinski definition) is 0. The van der Waals surface area contributed by atoms with Crippen LogP contribution in [-0.2, 0) is 5.88 Å². The van der Waals surface area contributed by atoms with Crippen LogP contribution in [0.1, 0.15) is 5.56 Å². The zero-order valence-electron chi connectivity index (χ0n) is 4.84. The van der Waals surface area contributed by atoms with Crippen LogP contribution in [0.3, 0.4) is 0 Å². The fraction of sp³-hybridized carbons (Fsp3) is 0.167. The van der Waals surface area contributed by atoms with Gasteiger partial charge < -0.3 is 0 Å². The van der Waals surface area contributed by atoms with Crippen LogP contribution in [-0.4, -0.2) is 12.8 Å². The predicted molar refractivity (Wildman–Crippen MR) is 39.2 cm³/mol. The summed E-state index contributed by atoms with van der Waals surface area (Å²) in [4.78, 5) is 3.85. The van der Waals surface area contributed by atoms with Gasteiger partial charge in [-0.3, -0.25) is 4.98 Å². The molecule has 0 N–H and O–H groups in total. The Morgan fingerprint density at radius 3 is 2.78 bits per heavy atom. The van der Waals surface area contributed by atoms with Crippen LogP contribution in [0, 0.1) is 0 Å². The smallest absolute Gasteiger partial charge is 0.115 e. The molecule has 1 nitrogen and oxygen atoms in total. The molecule has 0 spiro atoms. The van der Waals surface area contributed by atoms with Crippen molar-refractivity contribution in [1.82, 2.24) is 4.98 Å². The Morgan fingerprint density at radius 2 is 2.33 bits per heavy atom. The topological polar surface area (TPSA) is 12.9 Å². The third-order valence-corrected chi connectivity index (χ3v) is 1.28. The summed E-state index contributed by atoms with van der Waals surface area (Å²) in [5.41, 5.74) is 1.62. The molecule has 0 saturated heterocycles. The lowest BCUT2D eigenvalue weighted by Crippen LogP contribution is -2.03. The van der Waals surface area contributed by atoms with E-state index >= 15 is 0 Å². The highest BCUT2D eigenvalue weighted by atomic mass is 35.5. The first kappa shape index (κ1) is 6.62. The van der Waals surface area contributed by atoms with Gasteiger partial charge in [0.25, 0.3) is 0 Å². The molecule has 1 rings (SSSR count). The molecule has 0 saturated carbocycles. The zero-order valence-corrected chi connectivity index (χ0v) is 5.60. The van der Waals surface area contributed by atoms with Crippen LogP contribution in [0.15, 0.2) is 18.5 Å². The summed E-state index contributed by atoms with van der Waals surface area (Å²) >= 11 is 5.50. The van der Waals surface area contributed by atoms with Crippen molar-refractivity contribution in [3.8, 4) is 0 Å². The van der Waals surface area contributed by atoms with Crippen molar-refractivity contribution in [2.24, 2.45) is 0 Å². The first-order valence-corrected chi connectivity index (χ1v) is 3.12. The minimum Gasteiger partial charge on any atom is -0.265 e. The molecule has 1 aromatic heterocycles. The summed E-state index contributed by atoms with van der Waals surface area (Å²) in [6.45, 7) is 0. The van der Waals surface area contributed by atoms with E-state index in [0.717, 1.165) is 5.56 Å². The lowest BCUT2D eigenvalue weighted by atomic mass is 9.98. The van der Waals surface area contributed by atoms with E-state index in [-0.39, 0.29) is 0 Å². The fourth-order valence-electron chi connectivity index (χ4n) is 0.581. The van der Waals surface area contributed by atoms with Gasteiger partial charge in [-0.15, -0.1) is 11.6 Å². The largest absolute Gasteiger partial charge is 0.265 e. The molecule has 0 atom stereocenters. The highest BCUT2D eigenvalue weighted by molar-refractivity contribution is 6.32. The summed E-state index contributed by atoms with van der Waals surface area (Å²) in [6.07, 6.45) is 3.29. The van der Waals surface area contributed by atoms with Crippen molar-refractivity contribution in [2.75, 3.05) is 0 Å². The molecule has 0 aliphatic rings. The van der Waals surface area contributed by atoms with Crippen molar-refractivity contribution in [3.63, 3.8) is 0 Å². The molecule has 1 aromatic rings. The lowest BCUT2D eigenvalue weighted by Gasteiger charge is -1.93. The van der Waals surface area contributed by atoms with Gasteiger partial charge in [0.1, 0.15) is 7.85 Å². The van der Waals surface area contributed by atoms with Crippen molar-refractivity contribution in [3.05, 3.63) is 24.0 Å². The maximum Gasteiger partial charge on any atom is 0.115 e. The van der Waals surface area contributed by atoms with E-state index < -0.39 is 0 Å². The SMILES string of the molecule is [B]c1cncc(CCl)c1. The van der Waals surface area contributed by atoms with Crippen LogP contribution in [0.4, 0.5) is 0 Å². The van der Waals surface area contributed by atoms with E-state index in [1.165, 1.54) is 0 Å². The van der Waals surface area contributed by atoms with E-state index in [2.05, 4.69) is 4.98 Å². The molecule has 0 unspecified atom stereocenters. The van der Waals surface area contributed by atoms with Crippen LogP contribution in [0.2, 0.25) is 0 Å². The summed E-state index contributed by atoms with van der Waals surface area (Å²) in [6, 6.07) is 1.81. The molecular weight excluding hydrogens is 132 g/mol. The zero-order chi connectivity index (χ0) is 6.69. The van der Waals surface area contributed by atoms with Gasteiger partial charge in [0.15, 0.2) is 0 Å². The third-order valence-electron chi connectivity index (χ3n) is 0.970. The summed E-state index contributed by atoms with van der Waals surface area (Å²) in [7, 11) is 5.41. The van der Waals surface area contributed by atoms with Gasteiger partial charge in [0.05, 0.1) is 0 Å². The molecule has 0 aliphatic carbocycles. The lowest BCUT2D eigenvalue weighted by molar-refractivity contribution is 1.26. The van der Waals surface area contributed by atoms with Crippen molar-refractivity contribution in [1.29, 1.82) is 0 Å². The molecule has 3 heteroatoms. The second kappa shape index (κ2) is 2.88. The molecular formula is C6H5BClN. The van der Waals surface area contributed by atoms with E-state index in [1.54, 1.807) is 18.5 Å². The summed E-state index contributed by atoms with van der Waals surface area (Å²) in [5, 5.41) is 0. The predicted octanol–water partition coefficient (Wildman–Crippen LogP) is 0.614. The van der Waals surface area contributed by atoms with E-state index in [0.29, 0.717) is 11.3 Å². The number of alkyl halides is 1. The Bertz CT molecular complexity index is 202. The van der Waals surface area contributed by atoms with E-state index in [1.807, 2.05) is 0 Å². The van der Waals surface area contributed by atoms with Gasteiger partial charge in [-0.2, -0.15) is 0 Å². The number of pyridine rings is 1. The Balaban J connectivity index is 2.94. The minimum atomic E-state index is 0.470. The Kier molecular flexibility index (Phi) is 2.12. The van der Waals surface area contributed by atoms with Gasteiger partial charge in [0, 0.05) is 18.3 Å². The number of halogens is 1. The van der Waals surface area contributed by atoms with Gasteiger partial charge >= 0.3 is 0 Å². The van der Waals surface area contributed by atoms with E-state index in [9.17, 15) is 0 Å². The maximum atomic E-state index is 5.50. The normalized spacial score (nSPS) is 9.44. The standard InChI is InChI=1S/C6H5BClN/c7-6-1-5(2-8)3-9-4-6/h1,3-4H,2H2. The molecule has 0 aromatic carbocycles. The highest BCUT2D eigenvalue weighted by Crippen LogP contribution is 1.96. The quantitative estimate of drug-likeness (QED) is 0.408. The average Bonchev–Trinajstić information content (AvgIpc) is 1.88. The van der Waals surface area contributed by atoms with Crippen molar-refractivity contribution < 1.29 is 0 Å². The third kappa shape index (κ3) is 1.72. The van der Waals surface area contributed by atoms with Gasteiger partial charge in [-0.05, 0) is 5.56 Å². The van der Waals surface area contributed by atoms with Crippen molar-refractivity contribution >= 4 is 24.9 Å². The van der Waals surface area contributed by atoms with Crippen LogP contribution in [0.25, 0.3) is 0 Å². The van der Waals surface area contributed by atoms with Crippen molar-refractivity contribution in [2.45, 2.75) is 5.88 Å². The first-order valence-electron chi connectivity index (χ1n) is 2.58. The summed E-state index contributed by atoms with van der Waals surface area (Å²) < 4.78 is 0. The van der Waals surface area contributed by atoms with E-state index in [4.69, 9.17) is 19.4 Å². The molecule has 1 heterocycles. The molecule has 9 heavy (non-hydrogen) atoms. The van der Waals surface area contributed by atoms with Crippen LogP contribution >= 0.6 is 11.6 Å². The Hall–Kier alpha value is -0.495. The second-order valence-corrected chi connectivity index (χ2v) is 2.03. The minimum absolute atomic E-state index is 0.470. The van der Waals surface area contributed by atoms with Gasteiger partial charge in [-0.25, -0.2) is 0 Å². The van der Waals surface area contributed by atoms with Gasteiger partial charge in [-0.1, -0.05) is 11.5 Å². The monoisotopic (exact) mass is 137 g/mol. The number of hydrogen-bond acceptors (Lipinski definition) is 1. The average molecular weight is 137 g/mol. The number of aromatic nitrogens is 1. The number of rotatable bonds is 1. The molecule has 0 aliphatic heterocycles. The molecule has 44 valence electrons. The first-order chi connectivity index (χ1) is 4.33. The van der Waals surface area contributed by atoms with Gasteiger partial charge in [0.2, 0.25) is 0 Å². The molecule has 0 fully saturated rings. The molecule has 2 radical (unpaired) electrons. The Labute approximate surface area is 60.5 Å². The molecule has 0 amide bonds.